The maximum atomic E-state index is 13.6. The van der Waals surface area contributed by atoms with Crippen molar-refractivity contribution in [2.24, 2.45) is 31.7 Å². The van der Waals surface area contributed by atoms with E-state index in [2.05, 4.69) is 9.67 Å². The van der Waals surface area contributed by atoms with Gasteiger partial charge in [-0.25, -0.2) is 9.97 Å². The van der Waals surface area contributed by atoms with Crippen molar-refractivity contribution in [1.82, 2.24) is 33.8 Å². The number of amides is 1. The minimum atomic E-state index is 0.00712. The van der Waals surface area contributed by atoms with Gasteiger partial charge < -0.3 is 24.5 Å². The van der Waals surface area contributed by atoms with Gasteiger partial charge in [0.05, 0.1) is 30.6 Å². The molecule has 3 aromatic heterocycles. The molecule has 37 heavy (non-hydrogen) atoms. The molecule has 10 heteroatoms. The summed E-state index contributed by atoms with van der Waals surface area (Å²) in [7, 11) is 5.54. The second-order valence-corrected chi connectivity index (χ2v) is 10.9. The van der Waals surface area contributed by atoms with E-state index in [0.29, 0.717) is 23.1 Å². The maximum Gasteiger partial charge on any atom is 0.254 e. The molecular weight excluding hydrogens is 468 g/mol. The third-order valence-corrected chi connectivity index (χ3v) is 8.50. The predicted octanol–water partition coefficient (Wildman–Crippen LogP) is 2.82. The predicted molar refractivity (Wildman–Crippen MR) is 139 cm³/mol. The molecule has 10 nitrogen and oxygen atoms in total. The molecule has 1 amide bonds. The van der Waals surface area contributed by atoms with Gasteiger partial charge in [-0.05, 0) is 49.7 Å². The van der Waals surface area contributed by atoms with E-state index in [-0.39, 0.29) is 18.0 Å². The van der Waals surface area contributed by atoms with E-state index in [1.165, 1.54) is 12.8 Å². The number of benzene rings is 1. The Morgan fingerprint density at radius 1 is 1.14 bits per heavy atom. The highest BCUT2D eigenvalue weighted by Gasteiger charge is 2.47. The van der Waals surface area contributed by atoms with Crippen LogP contribution in [0.2, 0.25) is 0 Å². The molecule has 2 aliphatic carbocycles. The fourth-order valence-electron chi connectivity index (χ4n) is 6.33. The SMILES string of the molecule is COc1cc(C(=O)N2C[C@H]3CC[C@@H]2[C@@H]3N)cc2nc(-c3cnc(-c4cnn(C)c4)n3CC3CC3)n(C)c12. The molecule has 4 heterocycles. The number of hydrogen-bond donors (Lipinski definition) is 1. The van der Waals surface area contributed by atoms with Crippen LogP contribution in [0.3, 0.4) is 0 Å². The van der Waals surface area contributed by atoms with Crippen molar-refractivity contribution in [2.45, 2.75) is 44.3 Å². The summed E-state index contributed by atoms with van der Waals surface area (Å²) in [6.45, 7) is 1.62. The number of ether oxygens (including phenoxy) is 1. The fraction of sp³-hybridized carbons (Fsp3) is 0.481. The van der Waals surface area contributed by atoms with Gasteiger partial charge in [-0.2, -0.15) is 5.10 Å². The Bertz CT molecular complexity index is 1530. The molecule has 1 saturated heterocycles. The molecule has 2 N–H and O–H groups in total. The number of aryl methyl sites for hydroxylation is 2. The summed E-state index contributed by atoms with van der Waals surface area (Å²) in [6.07, 6.45) is 10.3. The second-order valence-electron chi connectivity index (χ2n) is 10.9. The van der Waals surface area contributed by atoms with Crippen LogP contribution in [0, 0.1) is 11.8 Å². The highest BCUT2D eigenvalue weighted by Crippen LogP contribution is 2.40. The van der Waals surface area contributed by atoms with Crippen LogP contribution in [0.25, 0.3) is 33.9 Å². The average molecular weight is 501 g/mol. The van der Waals surface area contributed by atoms with Crippen molar-refractivity contribution in [3.05, 3.63) is 36.3 Å². The Labute approximate surface area is 215 Å². The Morgan fingerprint density at radius 3 is 2.62 bits per heavy atom. The molecule has 0 spiro atoms. The van der Waals surface area contributed by atoms with Crippen molar-refractivity contribution in [1.29, 1.82) is 0 Å². The van der Waals surface area contributed by atoms with Crippen molar-refractivity contribution < 1.29 is 9.53 Å². The van der Waals surface area contributed by atoms with Gasteiger partial charge in [0.1, 0.15) is 22.8 Å². The Balaban J connectivity index is 1.32. The maximum absolute atomic E-state index is 13.6. The van der Waals surface area contributed by atoms with Gasteiger partial charge in [-0.1, -0.05) is 0 Å². The van der Waals surface area contributed by atoms with Crippen LogP contribution >= 0.6 is 0 Å². The zero-order valence-electron chi connectivity index (χ0n) is 21.5. The molecule has 0 unspecified atom stereocenters. The third kappa shape index (κ3) is 3.49. The van der Waals surface area contributed by atoms with E-state index >= 15 is 0 Å². The second kappa shape index (κ2) is 8.17. The minimum Gasteiger partial charge on any atom is -0.494 e. The van der Waals surface area contributed by atoms with Crippen molar-refractivity contribution >= 4 is 16.9 Å². The van der Waals surface area contributed by atoms with Crippen molar-refractivity contribution in [3.8, 4) is 28.7 Å². The molecule has 3 fully saturated rings. The molecule has 4 aromatic rings. The van der Waals surface area contributed by atoms with Crippen LogP contribution in [-0.2, 0) is 20.6 Å². The van der Waals surface area contributed by atoms with Gasteiger partial charge in [-0.3, -0.25) is 9.48 Å². The Hall–Kier alpha value is -3.66. The van der Waals surface area contributed by atoms with Crippen LogP contribution in [0.1, 0.15) is 36.0 Å². The number of carbonyl (C=O) groups excluding carboxylic acids is 1. The van der Waals surface area contributed by atoms with E-state index in [1.807, 2.05) is 54.3 Å². The lowest BCUT2D eigenvalue weighted by Crippen LogP contribution is -2.41. The summed E-state index contributed by atoms with van der Waals surface area (Å²) in [5.74, 6) is 3.39. The van der Waals surface area contributed by atoms with Gasteiger partial charge in [-0.15, -0.1) is 0 Å². The van der Waals surface area contributed by atoms with E-state index < -0.39 is 0 Å². The van der Waals surface area contributed by atoms with E-state index in [9.17, 15) is 4.79 Å². The Morgan fingerprint density at radius 2 is 1.97 bits per heavy atom. The lowest BCUT2D eigenvalue weighted by Gasteiger charge is -2.27. The largest absolute Gasteiger partial charge is 0.494 e. The molecular formula is C27H32N8O2. The lowest BCUT2D eigenvalue weighted by molar-refractivity contribution is 0.0700. The summed E-state index contributed by atoms with van der Waals surface area (Å²) in [4.78, 5) is 25.3. The van der Waals surface area contributed by atoms with Gasteiger partial charge in [0.25, 0.3) is 5.91 Å². The van der Waals surface area contributed by atoms with Crippen molar-refractivity contribution in [2.75, 3.05) is 13.7 Å². The summed E-state index contributed by atoms with van der Waals surface area (Å²) < 4.78 is 11.9. The average Bonchev–Trinajstić information content (AvgIpc) is 3.20. The first kappa shape index (κ1) is 22.5. The number of methoxy groups -OCH3 is 1. The number of aromatic nitrogens is 6. The number of nitrogens with zero attached hydrogens (tertiary/aromatic N) is 7. The summed E-state index contributed by atoms with van der Waals surface area (Å²) >= 11 is 0. The van der Waals surface area contributed by atoms with Gasteiger partial charge in [0, 0.05) is 51.0 Å². The van der Waals surface area contributed by atoms with Crippen LogP contribution < -0.4 is 10.5 Å². The molecule has 2 bridgehead atoms. The van der Waals surface area contributed by atoms with Crippen LogP contribution in [0.15, 0.2) is 30.7 Å². The number of fused-ring (bicyclic) bond motifs is 3. The molecule has 0 radical (unpaired) electrons. The molecule has 1 aromatic carbocycles. The summed E-state index contributed by atoms with van der Waals surface area (Å²) in [5.41, 5.74) is 10.5. The van der Waals surface area contributed by atoms with E-state index in [1.54, 1.807) is 11.8 Å². The zero-order chi connectivity index (χ0) is 25.4. The molecule has 192 valence electrons. The molecule has 3 atom stereocenters. The summed E-state index contributed by atoms with van der Waals surface area (Å²) in [6, 6.07) is 3.94. The monoisotopic (exact) mass is 500 g/mol. The zero-order valence-corrected chi connectivity index (χ0v) is 21.5. The molecule has 7 rings (SSSR count). The van der Waals surface area contributed by atoms with Gasteiger partial charge in [0.15, 0.2) is 5.82 Å². The highest BCUT2D eigenvalue weighted by atomic mass is 16.5. The standard InChI is InChI=1S/C27H32N8O2/c1-32-13-18(10-30-32)25-29-11-21(34(25)12-15-4-5-15)26-31-19-8-17(9-22(37-3)24(19)33(26)2)27(36)35-14-16-6-7-20(35)23(16)28/h8-11,13,15-16,20,23H,4-7,12,14,28H2,1-3H3/t16-,20-,23-/m1/s1. The number of hydrogen-bond acceptors (Lipinski definition) is 6. The highest BCUT2D eigenvalue weighted by molar-refractivity contribution is 6.00. The number of piperidine rings is 1. The van der Waals surface area contributed by atoms with E-state index in [0.717, 1.165) is 59.9 Å². The van der Waals surface area contributed by atoms with E-state index in [4.69, 9.17) is 20.4 Å². The summed E-state index contributed by atoms with van der Waals surface area (Å²) in [5, 5.41) is 4.35. The number of likely N-dealkylation sites (tertiary alicyclic amines) is 1. The van der Waals surface area contributed by atoms with Crippen LogP contribution in [-0.4, -0.2) is 65.4 Å². The van der Waals surface area contributed by atoms with Gasteiger partial charge >= 0.3 is 0 Å². The smallest absolute Gasteiger partial charge is 0.254 e. The Kier molecular flexibility index (Phi) is 4.98. The van der Waals surface area contributed by atoms with Crippen LogP contribution in [0.4, 0.5) is 0 Å². The fourth-order valence-corrected chi connectivity index (χ4v) is 6.33. The topological polar surface area (TPSA) is 109 Å². The quantitative estimate of drug-likeness (QED) is 0.436. The minimum absolute atomic E-state index is 0.00712. The third-order valence-electron chi connectivity index (χ3n) is 8.50. The number of imidazole rings is 2. The normalized spacial score (nSPS) is 22.9. The van der Waals surface area contributed by atoms with Crippen molar-refractivity contribution in [3.63, 3.8) is 0 Å². The number of carbonyl (C=O) groups is 1. The van der Waals surface area contributed by atoms with Crippen LogP contribution in [0.5, 0.6) is 5.75 Å². The first-order valence-electron chi connectivity index (χ1n) is 13.1. The lowest BCUT2D eigenvalue weighted by atomic mass is 10.1. The molecule has 1 aliphatic heterocycles. The molecule has 3 aliphatic rings. The first-order chi connectivity index (χ1) is 17.9. The van der Waals surface area contributed by atoms with Gasteiger partial charge in [0.2, 0.25) is 0 Å². The number of rotatable bonds is 6. The molecule has 2 saturated carbocycles. The number of nitrogens with two attached hydrogens (primary N) is 1. The first-order valence-corrected chi connectivity index (χ1v) is 13.1.